The highest BCUT2D eigenvalue weighted by Gasteiger charge is 2.35. The Kier molecular flexibility index (Phi) is 6.57. The van der Waals surface area contributed by atoms with E-state index in [9.17, 15) is 4.79 Å². The number of para-hydroxylation sites is 1. The molecule has 3 heterocycles. The lowest BCUT2D eigenvalue weighted by molar-refractivity contribution is -0.123. The summed E-state index contributed by atoms with van der Waals surface area (Å²) in [6, 6.07) is 18.2. The third kappa shape index (κ3) is 4.90. The summed E-state index contributed by atoms with van der Waals surface area (Å²) in [4.78, 5) is 22.9. The lowest BCUT2D eigenvalue weighted by atomic mass is 10.1. The standard InChI is InChI=1S/C25H27N3O3S/c29-24-23(17-19-8-10-21(11-9-19)27-12-15-30-16-13-27)32-25(26-20-5-2-1-3-6-20)28(24)18-22-7-4-14-31-22/h1-3,5-6,8-11,17,22H,4,7,12-16,18H2/b23-17-,26-25?/t22-/m0/s1. The second-order valence-corrected chi connectivity index (χ2v) is 9.09. The topological polar surface area (TPSA) is 54.4 Å². The van der Waals surface area contributed by atoms with Gasteiger partial charge in [0.15, 0.2) is 5.17 Å². The largest absolute Gasteiger partial charge is 0.378 e. The number of nitrogens with zero attached hydrogens (tertiary/aromatic N) is 3. The summed E-state index contributed by atoms with van der Waals surface area (Å²) in [7, 11) is 0. The van der Waals surface area contributed by atoms with Crippen molar-refractivity contribution in [3.8, 4) is 0 Å². The van der Waals surface area contributed by atoms with Crippen LogP contribution in [0.2, 0.25) is 0 Å². The summed E-state index contributed by atoms with van der Waals surface area (Å²) < 4.78 is 11.2. The van der Waals surface area contributed by atoms with E-state index in [2.05, 4.69) is 29.2 Å². The Morgan fingerprint density at radius 1 is 1.03 bits per heavy atom. The minimum Gasteiger partial charge on any atom is -0.378 e. The SMILES string of the molecule is O=C1/C(=C/c2ccc(N3CCOCC3)cc2)SC(=Nc2ccccc2)N1C[C@@H]1CCCO1. The fourth-order valence-electron chi connectivity index (χ4n) is 4.11. The van der Waals surface area contributed by atoms with Crippen LogP contribution in [0, 0.1) is 0 Å². The monoisotopic (exact) mass is 449 g/mol. The van der Waals surface area contributed by atoms with Crippen molar-refractivity contribution in [3.05, 3.63) is 65.1 Å². The maximum absolute atomic E-state index is 13.3. The zero-order valence-electron chi connectivity index (χ0n) is 18.0. The number of benzene rings is 2. The first-order valence-corrected chi connectivity index (χ1v) is 12.0. The summed E-state index contributed by atoms with van der Waals surface area (Å²) in [5.41, 5.74) is 3.04. The molecule has 6 nitrogen and oxygen atoms in total. The minimum absolute atomic E-state index is 0.00237. The van der Waals surface area contributed by atoms with E-state index in [1.165, 1.54) is 17.4 Å². The molecule has 1 amide bonds. The number of carbonyl (C=O) groups is 1. The van der Waals surface area contributed by atoms with Crippen LogP contribution in [0.25, 0.3) is 6.08 Å². The predicted molar refractivity (Wildman–Crippen MR) is 129 cm³/mol. The Labute approximate surface area is 192 Å². The second kappa shape index (κ2) is 9.90. The molecule has 0 bridgehead atoms. The van der Waals surface area contributed by atoms with E-state index in [1.807, 2.05) is 36.4 Å². The van der Waals surface area contributed by atoms with Gasteiger partial charge in [0.2, 0.25) is 0 Å². The zero-order chi connectivity index (χ0) is 21.8. The van der Waals surface area contributed by atoms with Crippen molar-refractivity contribution in [1.29, 1.82) is 0 Å². The highest BCUT2D eigenvalue weighted by molar-refractivity contribution is 8.18. The number of thioether (sulfide) groups is 1. The Morgan fingerprint density at radius 3 is 2.53 bits per heavy atom. The van der Waals surface area contributed by atoms with Gasteiger partial charge in [0.1, 0.15) is 0 Å². The van der Waals surface area contributed by atoms with Gasteiger partial charge in [-0.05, 0) is 60.5 Å². The lowest BCUT2D eigenvalue weighted by Gasteiger charge is -2.28. The van der Waals surface area contributed by atoms with Gasteiger partial charge in [0.25, 0.3) is 5.91 Å². The zero-order valence-corrected chi connectivity index (χ0v) is 18.8. The molecule has 0 N–H and O–H groups in total. The Morgan fingerprint density at radius 2 is 1.81 bits per heavy atom. The second-order valence-electron chi connectivity index (χ2n) is 8.08. The average molecular weight is 450 g/mol. The molecular weight excluding hydrogens is 422 g/mol. The van der Waals surface area contributed by atoms with Crippen LogP contribution < -0.4 is 4.90 Å². The van der Waals surface area contributed by atoms with Crippen molar-refractivity contribution >= 4 is 40.3 Å². The molecule has 166 valence electrons. The molecule has 0 saturated carbocycles. The smallest absolute Gasteiger partial charge is 0.266 e. The molecule has 3 aliphatic rings. The van der Waals surface area contributed by atoms with Crippen molar-refractivity contribution in [2.45, 2.75) is 18.9 Å². The number of carbonyl (C=O) groups excluding carboxylic acids is 1. The summed E-state index contributed by atoms with van der Waals surface area (Å²) in [5, 5.41) is 0.716. The van der Waals surface area contributed by atoms with Crippen LogP contribution in [0.1, 0.15) is 18.4 Å². The van der Waals surface area contributed by atoms with Crippen LogP contribution in [-0.4, -0.2) is 61.5 Å². The summed E-state index contributed by atoms with van der Waals surface area (Å²) in [6.07, 6.45) is 4.07. The number of aliphatic imine (C=N–C) groups is 1. The molecule has 7 heteroatoms. The van der Waals surface area contributed by atoms with Crippen LogP contribution in [-0.2, 0) is 14.3 Å². The highest BCUT2D eigenvalue weighted by Crippen LogP contribution is 2.35. The minimum atomic E-state index is -0.00237. The molecule has 32 heavy (non-hydrogen) atoms. The lowest BCUT2D eigenvalue weighted by Crippen LogP contribution is -2.36. The number of rotatable bonds is 5. The first-order chi connectivity index (χ1) is 15.8. The van der Waals surface area contributed by atoms with Gasteiger partial charge in [-0.25, -0.2) is 4.99 Å². The number of amidine groups is 1. The maximum atomic E-state index is 13.3. The van der Waals surface area contributed by atoms with Gasteiger partial charge in [0, 0.05) is 25.4 Å². The molecule has 3 saturated heterocycles. The van der Waals surface area contributed by atoms with Gasteiger partial charge in [-0.2, -0.15) is 0 Å². The third-order valence-electron chi connectivity index (χ3n) is 5.85. The quantitative estimate of drug-likeness (QED) is 0.637. The van der Waals surface area contributed by atoms with Gasteiger partial charge in [-0.1, -0.05) is 30.3 Å². The fourth-order valence-corrected chi connectivity index (χ4v) is 5.12. The first kappa shape index (κ1) is 21.2. The molecule has 1 atom stereocenters. The number of amides is 1. The number of hydrogen-bond donors (Lipinski definition) is 0. The molecule has 0 aliphatic carbocycles. The number of morpholine rings is 1. The van der Waals surface area contributed by atoms with E-state index >= 15 is 0 Å². The first-order valence-electron chi connectivity index (χ1n) is 11.2. The van der Waals surface area contributed by atoms with Crippen LogP contribution in [0.4, 0.5) is 11.4 Å². The Balaban J connectivity index is 1.37. The molecule has 0 radical (unpaired) electrons. The average Bonchev–Trinajstić information content (AvgIpc) is 3.45. The van der Waals surface area contributed by atoms with Crippen molar-refractivity contribution in [3.63, 3.8) is 0 Å². The molecule has 0 unspecified atom stereocenters. The highest BCUT2D eigenvalue weighted by atomic mass is 32.2. The molecule has 0 spiro atoms. The molecule has 5 rings (SSSR count). The number of hydrogen-bond acceptors (Lipinski definition) is 6. The molecule has 3 fully saturated rings. The normalized spacial score (nSPS) is 24.1. The van der Waals surface area contributed by atoms with E-state index < -0.39 is 0 Å². The van der Waals surface area contributed by atoms with E-state index in [0.29, 0.717) is 16.6 Å². The van der Waals surface area contributed by atoms with Crippen molar-refractivity contribution in [1.82, 2.24) is 4.90 Å². The van der Waals surface area contributed by atoms with Gasteiger partial charge >= 0.3 is 0 Å². The van der Waals surface area contributed by atoms with Gasteiger partial charge in [-0.3, -0.25) is 9.69 Å². The van der Waals surface area contributed by atoms with E-state index in [4.69, 9.17) is 14.5 Å². The van der Waals surface area contributed by atoms with Crippen LogP contribution in [0.3, 0.4) is 0 Å². The maximum Gasteiger partial charge on any atom is 0.266 e. The molecule has 2 aromatic carbocycles. The summed E-state index contributed by atoms with van der Waals surface area (Å²) in [6.45, 7) is 4.66. The van der Waals surface area contributed by atoms with Crippen molar-refractivity contribution in [2.24, 2.45) is 4.99 Å². The fraction of sp³-hybridized carbons (Fsp3) is 0.360. The van der Waals surface area contributed by atoms with Gasteiger partial charge in [0.05, 0.1) is 36.5 Å². The summed E-state index contributed by atoms with van der Waals surface area (Å²) >= 11 is 1.44. The molecule has 2 aromatic rings. The molecule has 0 aromatic heterocycles. The third-order valence-corrected chi connectivity index (χ3v) is 6.85. The number of anilines is 1. The van der Waals surface area contributed by atoms with E-state index in [-0.39, 0.29) is 12.0 Å². The number of ether oxygens (including phenoxy) is 2. The predicted octanol–water partition coefficient (Wildman–Crippen LogP) is 4.31. The van der Waals surface area contributed by atoms with Crippen molar-refractivity contribution < 1.29 is 14.3 Å². The van der Waals surface area contributed by atoms with Gasteiger partial charge in [-0.15, -0.1) is 0 Å². The molecule has 3 aliphatic heterocycles. The van der Waals surface area contributed by atoms with Crippen LogP contribution in [0.15, 0.2) is 64.5 Å². The van der Waals surface area contributed by atoms with E-state index in [0.717, 1.165) is 57.0 Å². The van der Waals surface area contributed by atoms with Crippen LogP contribution in [0.5, 0.6) is 0 Å². The Hall–Kier alpha value is -2.61. The molecular formula is C25H27N3O3S. The summed E-state index contributed by atoms with van der Waals surface area (Å²) in [5.74, 6) is -0.00237. The van der Waals surface area contributed by atoms with Crippen molar-refractivity contribution in [2.75, 3.05) is 44.4 Å². The Bertz CT molecular complexity index is 995. The van der Waals surface area contributed by atoms with E-state index in [1.54, 1.807) is 4.90 Å². The van der Waals surface area contributed by atoms with Gasteiger partial charge < -0.3 is 14.4 Å². The van der Waals surface area contributed by atoms with Crippen LogP contribution >= 0.6 is 11.8 Å².